The minimum Gasteiger partial charge on any atom is -0.345 e. The van der Waals surface area contributed by atoms with Gasteiger partial charge in [-0.3, -0.25) is 9.59 Å². The van der Waals surface area contributed by atoms with Crippen LogP contribution in [0.25, 0.3) is 11.0 Å². The van der Waals surface area contributed by atoms with Crippen LogP contribution in [0.4, 0.5) is 4.39 Å². The second-order valence-electron chi connectivity index (χ2n) is 7.44. The maximum atomic E-state index is 13.8. The number of nitrogens with zero attached hydrogens (tertiary/aromatic N) is 2. The lowest BCUT2D eigenvalue weighted by atomic mass is 9.99. The highest BCUT2D eigenvalue weighted by atomic mass is 19.1. The zero-order chi connectivity index (χ0) is 20.3. The molecular weight excluding hydrogens is 361 g/mol. The van der Waals surface area contributed by atoms with E-state index >= 15 is 0 Å². The van der Waals surface area contributed by atoms with E-state index < -0.39 is 23.8 Å². The number of carbonyl (C=O) groups is 2. The van der Waals surface area contributed by atoms with Crippen LogP contribution in [0, 0.1) is 5.82 Å². The van der Waals surface area contributed by atoms with Crippen molar-refractivity contribution >= 4 is 22.8 Å². The molecule has 0 radical (unpaired) electrons. The van der Waals surface area contributed by atoms with E-state index in [0.29, 0.717) is 11.3 Å². The number of para-hydroxylation sites is 1. The number of likely N-dealkylation sites (tertiary alicyclic amines) is 1. The third kappa shape index (κ3) is 4.32. The van der Waals surface area contributed by atoms with Crippen molar-refractivity contribution < 1.29 is 14.0 Å². The van der Waals surface area contributed by atoms with Crippen molar-refractivity contribution in [3.8, 4) is 0 Å². The van der Waals surface area contributed by atoms with Crippen LogP contribution in [0.1, 0.15) is 57.8 Å². The molecule has 0 unspecified atom stereocenters. The maximum absolute atomic E-state index is 13.8. The van der Waals surface area contributed by atoms with E-state index in [4.69, 9.17) is 5.73 Å². The average molecular weight is 389 g/mol. The molecule has 1 aromatic heterocycles. The Morgan fingerprint density at radius 2 is 2.21 bits per heavy atom. The van der Waals surface area contributed by atoms with Crippen molar-refractivity contribution in [2.75, 3.05) is 6.54 Å². The van der Waals surface area contributed by atoms with Gasteiger partial charge in [0.2, 0.25) is 11.8 Å². The van der Waals surface area contributed by atoms with E-state index in [0.717, 1.165) is 32.2 Å². The molecule has 3 rings (SSSR count). The van der Waals surface area contributed by atoms with Gasteiger partial charge in [-0.25, -0.2) is 9.37 Å². The molecule has 1 aliphatic heterocycles. The van der Waals surface area contributed by atoms with E-state index in [-0.39, 0.29) is 23.9 Å². The molecule has 1 fully saturated rings. The van der Waals surface area contributed by atoms with Gasteiger partial charge in [0.25, 0.3) is 0 Å². The Bertz CT molecular complexity index is 852. The summed E-state index contributed by atoms with van der Waals surface area (Å²) in [4.78, 5) is 34.1. The lowest BCUT2D eigenvalue weighted by Crippen LogP contribution is -2.48. The molecule has 2 aromatic rings. The monoisotopic (exact) mass is 389 g/mol. The van der Waals surface area contributed by atoms with Gasteiger partial charge >= 0.3 is 0 Å². The number of amides is 2. The van der Waals surface area contributed by atoms with Gasteiger partial charge in [-0.15, -0.1) is 0 Å². The largest absolute Gasteiger partial charge is 0.345 e. The summed E-state index contributed by atoms with van der Waals surface area (Å²) >= 11 is 0. The normalized spacial score (nSPS) is 19.4. The van der Waals surface area contributed by atoms with Crippen molar-refractivity contribution in [2.24, 2.45) is 5.73 Å². The van der Waals surface area contributed by atoms with Gasteiger partial charge in [-0.05, 0) is 44.7 Å². The highest BCUT2D eigenvalue weighted by Gasteiger charge is 2.28. The molecule has 28 heavy (non-hydrogen) atoms. The van der Waals surface area contributed by atoms with Crippen molar-refractivity contribution in [2.45, 2.75) is 64.1 Å². The smallest absolute Gasteiger partial charge is 0.238 e. The van der Waals surface area contributed by atoms with Gasteiger partial charge < -0.3 is 20.9 Å². The number of imidazole rings is 1. The summed E-state index contributed by atoms with van der Waals surface area (Å²) in [5.74, 6) is -0.485. The molecule has 2 amide bonds. The van der Waals surface area contributed by atoms with Gasteiger partial charge in [0.05, 0.1) is 24.0 Å². The molecule has 0 aliphatic carbocycles. The predicted octanol–water partition coefficient (Wildman–Crippen LogP) is 2.39. The number of hydrogen-bond donors (Lipinski definition) is 3. The molecule has 1 aromatic carbocycles. The average Bonchev–Trinajstić information content (AvgIpc) is 3.13. The van der Waals surface area contributed by atoms with Gasteiger partial charge in [0.1, 0.15) is 11.3 Å². The number of rotatable bonds is 6. The molecule has 7 nitrogen and oxygen atoms in total. The van der Waals surface area contributed by atoms with Crippen molar-refractivity contribution in [3.63, 3.8) is 0 Å². The lowest BCUT2D eigenvalue weighted by molar-refractivity contribution is -0.137. The summed E-state index contributed by atoms with van der Waals surface area (Å²) in [5, 5.41) is 2.76. The second kappa shape index (κ2) is 8.68. The van der Waals surface area contributed by atoms with Gasteiger partial charge in [0.15, 0.2) is 5.82 Å². The molecule has 152 valence electrons. The summed E-state index contributed by atoms with van der Waals surface area (Å²) in [5.41, 5.74) is 6.78. The Morgan fingerprint density at radius 3 is 2.93 bits per heavy atom. The molecule has 0 spiro atoms. The third-order valence-corrected chi connectivity index (χ3v) is 5.40. The molecule has 0 bridgehead atoms. The quantitative estimate of drug-likeness (QED) is 0.705. The predicted molar refractivity (Wildman–Crippen MR) is 105 cm³/mol. The Morgan fingerprint density at radius 1 is 1.43 bits per heavy atom. The number of hydrogen-bond acceptors (Lipinski definition) is 4. The number of benzene rings is 1. The van der Waals surface area contributed by atoms with Gasteiger partial charge in [-0.2, -0.15) is 0 Å². The number of halogens is 1. The lowest BCUT2D eigenvalue weighted by Gasteiger charge is -2.35. The SMILES string of the molecule is CC[C@H]1CCCCN1C(=O)C[C@H](N)C(=O)N[C@@H](C)c1nc2c(F)cccc2[nH]1. The van der Waals surface area contributed by atoms with E-state index in [2.05, 4.69) is 22.2 Å². The minimum absolute atomic E-state index is 0.0240. The number of aromatic amines is 1. The molecule has 1 saturated heterocycles. The zero-order valence-corrected chi connectivity index (χ0v) is 16.4. The van der Waals surface area contributed by atoms with E-state index in [1.165, 1.54) is 6.07 Å². The number of aromatic nitrogens is 2. The molecule has 2 heterocycles. The highest BCUT2D eigenvalue weighted by molar-refractivity contribution is 5.88. The van der Waals surface area contributed by atoms with E-state index in [9.17, 15) is 14.0 Å². The van der Waals surface area contributed by atoms with Crippen LogP contribution < -0.4 is 11.1 Å². The maximum Gasteiger partial charge on any atom is 0.238 e. The van der Waals surface area contributed by atoms with Crippen molar-refractivity contribution in [1.82, 2.24) is 20.2 Å². The van der Waals surface area contributed by atoms with Gasteiger partial charge in [0, 0.05) is 12.6 Å². The Balaban J connectivity index is 1.59. The molecule has 4 N–H and O–H groups in total. The first-order chi connectivity index (χ1) is 13.4. The zero-order valence-electron chi connectivity index (χ0n) is 16.4. The Hall–Kier alpha value is -2.48. The summed E-state index contributed by atoms with van der Waals surface area (Å²) in [7, 11) is 0. The summed E-state index contributed by atoms with van der Waals surface area (Å²) in [6, 6.07) is 3.46. The fraction of sp³-hybridized carbons (Fsp3) is 0.550. The van der Waals surface area contributed by atoms with Crippen LogP contribution >= 0.6 is 0 Å². The second-order valence-corrected chi connectivity index (χ2v) is 7.44. The minimum atomic E-state index is -0.935. The molecule has 1 aliphatic rings. The molecule has 8 heteroatoms. The van der Waals surface area contributed by atoms with Crippen LogP contribution in [0.3, 0.4) is 0 Å². The number of carbonyl (C=O) groups excluding carboxylic acids is 2. The topological polar surface area (TPSA) is 104 Å². The number of nitrogens with one attached hydrogen (secondary N) is 2. The fourth-order valence-corrected chi connectivity index (χ4v) is 3.76. The highest BCUT2D eigenvalue weighted by Crippen LogP contribution is 2.21. The Labute approximate surface area is 163 Å². The number of fused-ring (bicyclic) bond motifs is 1. The van der Waals surface area contributed by atoms with Crippen LogP contribution in [-0.2, 0) is 9.59 Å². The van der Waals surface area contributed by atoms with Crippen molar-refractivity contribution in [1.29, 1.82) is 0 Å². The van der Waals surface area contributed by atoms with E-state index in [1.807, 2.05) is 4.90 Å². The Kier molecular flexibility index (Phi) is 6.28. The molecule has 0 saturated carbocycles. The van der Waals surface area contributed by atoms with Gasteiger partial charge in [-0.1, -0.05) is 13.0 Å². The first-order valence-corrected chi connectivity index (χ1v) is 9.90. The number of nitrogens with two attached hydrogens (primary N) is 1. The first kappa shape index (κ1) is 20.3. The standard InChI is InChI=1S/C20H28FN5O2/c1-3-13-7-4-5-10-26(13)17(27)11-15(22)20(28)23-12(2)19-24-16-9-6-8-14(21)18(16)25-19/h6,8-9,12-13,15H,3-5,7,10-11,22H2,1-2H3,(H,23,28)(H,24,25)/t12-,13-,15-/m0/s1. The van der Waals surface area contributed by atoms with Crippen molar-refractivity contribution in [3.05, 3.63) is 29.8 Å². The summed E-state index contributed by atoms with van der Waals surface area (Å²) in [6.07, 6.45) is 4.01. The third-order valence-electron chi connectivity index (χ3n) is 5.40. The van der Waals surface area contributed by atoms with Crippen LogP contribution in [-0.4, -0.2) is 45.3 Å². The van der Waals surface area contributed by atoms with E-state index in [1.54, 1.807) is 19.1 Å². The van der Waals surface area contributed by atoms with Crippen LogP contribution in [0.2, 0.25) is 0 Å². The number of H-pyrrole nitrogens is 1. The number of piperidine rings is 1. The fourth-order valence-electron chi connectivity index (χ4n) is 3.76. The summed E-state index contributed by atoms with van der Waals surface area (Å²) < 4.78 is 13.8. The van der Waals surface area contributed by atoms with Crippen LogP contribution in [0.15, 0.2) is 18.2 Å². The molecular formula is C20H28FN5O2. The first-order valence-electron chi connectivity index (χ1n) is 9.90. The van der Waals surface area contributed by atoms with Crippen LogP contribution in [0.5, 0.6) is 0 Å². The summed E-state index contributed by atoms with van der Waals surface area (Å²) in [6.45, 7) is 4.53. The molecule has 3 atom stereocenters.